The minimum absolute atomic E-state index is 0.142. The second-order valence-corrected chi connectivity index (χ2v) is 8.39. The lowest BCUT2D eigenvalue weighted by Gasteiger charge is -2.24. The highest BCUT2D eigenvalue weighted by Gasteiger charge is 2.33. The SMILES string of the molecule is COc1c(CO)cc(C(C)(C)C)cc1NC(=O)N[C@@H]1Cc2ccccc2C1OC. The lowest BCUT2D eigenvalue weighted by molar-refractivity contribution is 0.0817. The lowest BCUT2D eigenvalue weighted by Crippen LogP contribution is -2.41. The van der Waals surface area contributed by atoms with Crippen LogP contribution >= 0.6 is 0 Å². The maximum absolute atomic E-state index is 12.8. The third kappa shape index (κ3) is 4.38. The largest absolute Gasteiger partial charge is 0.494 e. The predicted octanol–water partition coefficient (Wildman–Crippen LogP) is 3.92. The number of benzene rings is 2. The number of nitrogens with one attached hydrogen (secondary N) is 2. The smallest absolute Gasteiger partial charge is 0.319 e. The number of hydrogen-bond acceptors (Lipinski definition) is 4. The van der Waals surface area contributed by atoms with Crippen LogP contribution < -0.4 is 15.4 Å². The van der Waals surface area contributed by atoms with Crippen LogP contribution in [0.3, 0.4) is 0 Å². The number of methoxy groups -OCH3 is 2. The average Bonchev–Trinajstić information content (AvgIpc) is 3.03. The van der Waals surface area contributed by atoms with Gasteiger partial charge in [0.05, 0.1) is 25.4 Å². The summed E-state index contributed by atoms with van der Waals surface area (Å²) in [5.41, 5.74) is 4.32. The summed E-state index contributed by atoms with van der Waals surface area (Å²) in [6.45, 7) is 6.07. The van der Waals surface area contributed by atoms with Gasteiger partial charge in [-0.2, -0.15) is 0 Å². The van der Waals surface area contributed by atoms with Gasteiger partial charge in [0.1, 0.15) is 11.9 Å². The van der Waals surface area contributed by atoms with Crippen LogP contribution in [0.2, 0.25) is 0 Å². The molecule has 2 aromatic carbocycles. The summed E-state index contributed by atoms with van der Waals surface area (Å²) in [6.07, 6.45) is 0.524. The number of aliphatic hydroxyl groups is 1. The van der Waals surface area contributed by atoms with E-state index in [1.165, 1.54) is 12.7 Å². The number of hydrogen-bond donors (Lipinski definition) is 3. The molecular formula is C23H30N2O4. The van der Waals surface area contributed by atoms with Gasteiger partial charge in [-0.05, 0) is 40.7 Å². The Balaban J connectivity index is 1.82. The molecule has 0 aliphatic heterocycles. The van der Waals surface area contributed by atoms with E-state index in [1.807, 2.05) is 30.3 Å². The summed E-state index contributed by atoms with van der Waals surface area (Å²) in [5, 5.41) is 15.7. The first kappa shape index (κ1) is 21.1. The number of ether oxygens (including phenoxy) is 2. The van der Waals surface area contributed by atoms with Gasteiger partial charge in [0.15, 0.2) is 0 Å². The highest BCUT2D eigenvalue weighted by molar-refractivity contribution is 5.92. The van der Waals surface area contributed by atoms with Crippen LogP contribution in [0.15, 0.2) is 36.4 Å². The number of urea groups is 1. The Labute approximate surface area is 172 Å². The van der Waals surface area contributed by atoms with Crippen molar-refractivity contribution in [2.24, 2.45) is 0 Å². The molecule has 0 radical (unpaired) electrons. The normalized spacial score (nSPS) is 18.3. The van der Waals surface area contributed by atoms with Crippen molar-refractivity contribution in [3.63, 3.8) is 0 Å². The lowest BCUT2D eigenvalue weighted by atomic mass is 9.85. The molecule has 3 rings (SSSR count). The Bertz CT molecular complexity index is 889. The van der Waals surface area contributed by atoms with E-state index < -0.39 is 0 Å². The number of aliphatic hydroxyl groups excluding tert-OH is 1. The molecule has 2 atom stereocenters. The molecule has 0 bridgehead atoms. The highest BCUT2D eigenvalue weighted by Crippen LogP contribution is 2.36. The predicted molar refractivity (Wildman–Crippen MR) is 113 cm³/mol. The van der Waals surface area contributed by atoms with Crippen LogP contribution in [0, 0.1) is 0 Å². The molecule has 2 aromatic rings. The number of carbonyl (C=O) groups excluding carboxylic acids is 1. The van der Waals surface area contributed by atoms with Crippen LogP contribution in [0.25, 0.3) is 0 Å². The molecular weight excluding hydrogens is 368 g/mol. The first-order valence-electron chi connectivity index (χ1n) is 9.78. The maximum Gasteiger partial charge on any atom is 0.319 e. The van der Waals surface area contributed by atoms with Crippen molar-refractivity contribution in [1.29, 1.82) is 0 Å². The van der Waals surface area contributed by atoms with Crippen LogP contribution in [-0.2, 0) is 23.2 Å². The van der Waals surface area contributed by atoms with Crippen molar-refractivity contribution >= 4 is 11.7 Å². The summed E-state index contributed by atoms with van der Waals surface area (Å²) in [6, 6.07) is 11.4. The van der Waals surface area contributed by atoms with E-state index in [2.05, 4.69) is 37.5 Å². The molecule has 1 aliphatic carbocycles. The quantitative estimate of drug-likeness (QED) is 0.713. The fourth-order valence-corrected chi connectivity index (χ4v) is 3.88. The van der Waals surface area contributed by atoms with E-state index in [9.17, 15) is 9.90 Å². The zero-order valence-corrected chi connectivity index (χ0v) is 17.7. The number of rotatable bonds is 5. The third-order valence-electron chi connectivity index (χ3n) is 5.39. The average molecular weight is 399 g/mol. The Hall–Kier alpha value is -2.57. The number of fused-ring (bicyclic) bond motifs is 1. The van der Waals surface area contributed by atoms with E-state index in [1.54, 1.807) is 7.11 Å². The molecule has 0 spiro atoms. The molecule has 3 N–H and O–H groups in total. The molecule has 0 heterocycles. The summed E-state index contributed by atoms with van der Waals surface area (Å²) < 4.78 is 11.1. The topological polar surface area (TPSA) is 79.8 Å². The molecule has 0 aromatic heterocycles. The first-order chi connectivity index (χ1) is 13.8. The van der Waals surface area contributed by atoms with Gasteiger partial charge in [-0.1, -0.05) is 45.0 Å². The fourth-order valence-electron chi connectivity index (χ4n) is 3.88. The first-order valence-corrected chi connectivity index (χ1v) is 9.78. The van der Waals surface area contributed by atoms with Crippen LogP contribution in [0.1, 0.15) is 49.1 Å². The van der Waals surface area contributed by atoms with E-state index in [-0.39, 0.29) is 30.2 Å². The molecule has 156 valence electrons. The van der Waals surface area contributed by atoms with Crippen LogP contribution in [0.4, 0.5) is 10.5 Å². The fraction of sp³-hybridized carbons (Fsp3) is 0.435. The molecule has 29 heavy (non-hydrogen) atoms. The highest BCUT2D eigenvalue weighted by atomic mass is 16.5. The van der Waals surface area contributed by atoms with Crippen molar-refractivity contribution in [3.05, 3.63) is 58.7 Å². The van der Waals surface area contributed by atoms with E-state index in [0.717, 1.165) is 11.1 Å². The monoisotopic (exact) mass is 398 g/mol. The number of anilines is 1. The number of amides is 2. The van der Waals surface area contributed by atoms with Gasteiger partial charge in [0.25, 0.3) is 0 Å². The Morgan fingerprint density at radius 1 is 1.21 bits per heavy atom. The summed E-state index contributed by atoms with van der Waals surface area (Å²) in [4.78, 5) is 12.8. The summed E-state index contributed by atoms with van der Waals surface area (Å²) in [5.74, 6) is 0.466. The standard InChI is InChI=1S/C23H30N2O4/c1-23(2,3)16-10-15(13-26)20(28-4)19(12-16)25-22(27)24-18-11-14-8-6-7-9-17(14)21(18)29-5/h6-10,12,18,21,26H,11,13H2,1-5H3,(H2,24,25,27)/t18-,21?/m1/s1. The van der Waals surface area contributed by atoms with Gasteiger partial charge in [0.2, 0.25) is 0 Å². The van der Waals surface area contributed by atoms with E-state index in [0.29, 0.717) is 23.4 Å². The Morgan fingerprint density at radius 2 is 1.93 bits per heavy atom. The van der Waals surface area contributed by atoms with Crippen molar-refractivity contribution < 1.29 is 19.4 Å². The zero-order chi connectivity index (χ0) is 21.2. The van der Waals surface area contributed by atoms with Crippen molar-refractivity contribution in [2.75, 3.05) is 19.5 Å². The summed E-state index contributed by atoms with van der Waals surface area (Å²) in [7, 11) is 3.19. The van der Waals surface area contributed by atoms with E-state index >= 15 is 0 Å². The summed E-state index contributed by atoms with van der Waals surface area (Å²) >= 11 is 0. The third-order valence-corrected chi connectivity index (χ3v) is 5.39. The van der Waals surface area contributed by atoms with Crippen LogP contribution in [-0.4, -0.2) is 31.4 Å². The van der Waals surface area contributed by atoms with Crippen molar-refractivity contribution in [1.82, 2.24) is 5.32 Å². The maximum atomic E-state index is 12.8. The van der Waals surface area contributed by atoms with Gasteiger partial charge in [-0.3, -0.25) is 0 Å². The minimum atomic E-state index is -0.335. The molecule has 6 nitrogen and oxygen atoms in total. The number of carbonyl (C=O) groups is 1. The van der Waals surface area contributed by atoms with Gasteiger partial charge in [-0.25, -0.2) is 4.79 Å². The zero-order valence-electron chi connectivity index (χ0n) is 17.7. The van der Waals surface area contributed by atoms with Gasteiger partial charge in [-0.15, -0.1) is 0 Å². The van der Waals surface area contributed by atoms with Gasteiger partial charge >= 0.3 is 6.03 Å². The second-order valence-electron chi connectivity index (χ2n) is 8.39. The molecule has 1 unspecified atom stereocenters. The second kappa shape index (κ2) is 8.43. The Morgan fingerprint density at radius 3 is 2.55 bits per heavy atom. The minimum Gasteiger partial charge on any atom is -0.494 e. The molecule has 1 aliphatic rings. The molecule has 0 saturated carbocycles. The van der Waals surface area contributed by atoms with Crippen LogP contribution in [0.5, 0.6) is 5.75 Å². The molecule has 0 saturated heterocycles. The van der Waals surface area contributed by atoms with E-state index in [4.69, 9.17) is 9.47 Å². The molecule has 0 fully saturated rings. The van der Waals surface area contributed by atoms with Gasteiger partial charge < -0.3 is 25.2 Å². The van der Waals surface area contributed by atoms with Gasteiger partial charge in [0, 0.05) is 12.7 Å². The molecule has 6 heteroatoms. The van der Waals surface area contributed by atoms with Crippen molar-refractivity contribution in [3.8, 4) is 5.75 Å². The van der Waals surface area contributed by atoms with Crippen molar-refractivity contribution in [2.45, 2.75) is 51.4 Å². The molecule has 2 amide bonds. The Kier molecular flexibility index (Phi) is 6.15.